The maximum Gasteiger partial charge on any atom is 0.136 e. The van der Waals surface area contributed by atoms with Gasteiger partial charge in [-0.3, -0.25) is 4.98 Å². The number of fused-ring (bicyclic) bond motifs is 3. The standard InChI is InChI=1S/C15H14N4S/c16-14-13-10-4-1-5-11(10)20-15(13)19-12(18-14)7-9-3-2-6-17-8-9/h2-3,6,8H,1,4-5,7H2,(H2,16,18,19). The molecular formula is C15H14N4S. The molecule has 0 saturated carbocycles. The summed E-state index contributed by atoms with van der Waals surface area (Å²) in [4.78, 5) is 15.8. The Morgan fingerprint density at radius 1 is 1.25 bits per heavy atom. The summed E-state index contributed by atoms with van der Waals surface area (Å²) in [6, 6.07) is 3.96. The Bertz CT molecular complexity index is 779. The molecule has 0 aliphatic heterocycles. The molecule has 100 valence electrons. The van der Waals surface area contributed by atoms with Gasteiger partial charge in [0.25, 0.3) is 0 Å². The van der Waals surface area contributed by atoms with Gasteiger partial charge in [0.2, 0.25) is 0 Å². The third kappa shape index (κ3) is 1.86. The smallest absolute Gasteiger partial charge is 0.136 e. The van der Waals surface area contributed by atoms with E-state index in [-0.39, 0.29) is 0 Å². The van der Waals surface area contributed by atoms with Crippen molar-refractivity contribution < 1.29 is 0 Å². The predicted octanol–water partition coefficient (Wildman–Crippen LogP) is 2.75. The van der Waals surface area contributed by atoms with Gasteiger partial charge in [0.15, 0.2) is 0 Å². The van der Waals surface area contributed by atoms with Gasteiger partial charge < -0.3 is 5.73 Å². The first kappa shape index (κ1) is 11.8. The molecule has 4 nitrogen and oxygen atoms in total. The number of pyridine rings is 1. The molecule has 1 aliphatic rings. The van der Waals surface area contributed by atoms with E-state index in [9.17, 15) is 0 Å². The molecule has 0 radical (unpaired) electrons. The summed E-state index contributed by atoms with van der Waals surface area (Å²) in [6.45, 7) is 0. The largest absolute Gasteiger partial charge is 0.383 e. The second-order valence-electron chi connectivity index (χ2n) is 5.10. The number of hydrogen-bond donors (Lipinski definition) is 1. The van der Waals surface area contributed by atoms with Crippen LogP contribution in [0.15, 0.2) is 24.5 Å². The molecule has 0 unspecified atom stereocenters. The van der Waals surface area contributed by atoms with E-state index in [1.54, 1.807) is 17.5 Å². The van der Waals surface area contributed by atoms with Crippen LogP contribution >= 0.6 is 11.3 Å². The van der Waals surface area contributed by atoms with Crippen LogP contribution in [-0.2, 0) is 19.3 Å². The first-order valence-corrected chi connectivity index (χ1v) is 7.58. The van der Waals surface area contributed by atoms with Gasteiger partial charge in [0.1, 0.15) is 16.5 Å². The van der Waals surface area contributed by atoms with Crippen LogP contribution in [-0.4, -0.2) is 15.0 Å². The number of hydrogen-bond acceptors (Lipinski definition) is 5. The fraction of sp³-hybridized carbons (Fsp3) is 0.267. The zero-order valence-electron chi connectivity index (χ0n) is 11.0. The fourth-order valence-electron chi connectivity index (χ4n) is 2.83. The molecule has 0 saturated heterocycles. The highest BCUT2D eigenvalue weighted by atomic mass is 32.1. The van der Waals surface area contributed by atoms with Crippen molar-refractivity contribution in [2.75, 3.05) is 5.73 Å². The monoisotopic (exact) mass is 282 g/mol. The highest BCUT2D eigenvalue weighted by molar-refractivity contribution is 7.19. The van der Waals surface area contributed by atoms with E-state index in [1.165, 1.54) is 16.9 Å². The molecule has 5 heteroatoms. The van der Waals surface area contributed by atoms with Gasteiger partial charge in [-0.05, 0) is 36.5 Å². The first-order chi connectivity index (χ1) is 9.81. The zero-order valence-corrected chi connectivity index (χ0v) is 11.8. The third-order valence-corrected chi connectivity index (χ3v) is 4.91. The number of aryl methyl sites for hydroxylation is 2. The Kier molecular flexibility index (Phi) is 2.67. The lowest BCUT2D eigenvalue weighted by molar-refractivity contribution is 0.916. The lowest BCUT2D eigenvalue weighted by atomic mass is 10.1. The number of aromatic nitrogens is 3. The number of anilines is 1. The molecule has 20 heavy (non-hydrogen) atoms. The molecular weight excluding hydrogens is 268 g/mol. The molecule has 0 fully saturated rings. The minimum atomic E-state index is 0.633. The van der Waals surface area contributed by atoms with E-state index in [4.69, 9.17) is 10.7 Å². The van der Waals surface area contributed by atoms with Crippen LogP contribution in [0.4, 0.5) is 5.82 Å². The molecule has 0 bridgehead atoms. The minimum Gasteiger partial charge on any atom is -0.383 e. The molecule has 3 aromatic heterocycles. The average Bonchev–Trinajstić information content (AvgIpc) is 2.99. The molecule has 0 aromatic carbocycles. The van der Waals surface area contributed by atoms with E-state index in [0.29, 0.717) is 12.2 Å². The van der Waals surface area contributed by atoms with Gasteiger partial charge in [0, 0.05) is 23.7 Å². The van der Waals surface area contributed by atoms with Crippen molar-refractivity contribution in [1.82, 2.24) is 15.0 Å². The highest BCUT2D eigenvalue weighted by Crippen LogP contribution is 2.38. The number of rotatable bonds is 2. The second-order valence-corrected chi connectivity index (χ2v) is 6.18. The number of nitrogens with zero attached hydrogens (tertiary/aromatic N) is 3. The van der Waals surface area contributed by atoms with Crippen molar-refractivity contribution in [1.29, 1.82) is 0 Å². The summed E-state index contributed by atoms with van der Waals surface area (Å²) in [5, 5.41) is 1.09. The van der Waals surface area contributed by atoms with Crippen LogP contribution in [0.5, 0.6) is 0 Å². The lowest BCUT2D eigenvalue weighted by Crippen LogP contribution is -2.01. The van der Waals surface area contributed by atoms with E-state index < -0.39 is 0 Å². The van der Waals surface area contributed by atoms with Crippen molar-refractivity contribution >= 4 is 27.4 Å². The molecule has 3 aromatic rings. The van der Waals surface area contributed by atoms with Gasteiger partial charge in [0.05, 0.1) is 5.39 Å². The molecule has 1 aliphatic carbocycles. The van der Waals surface area contributed by atoms with Crippen molar-refractivity contribution in [3.8, 4) is 0 Å². The van der Waals surface area contributed by atoms with Crippen LogP contribution < -0.4 is 5.73 Å². The van der Waals surface area contributed by atoms with Gasteiger partial charge >= 0.3 is 0 Å². The molecule has 2 N–H and O–H groups in total. The van der Waals surface area contributed by atoms with Gasteiger partial charge in [-0.1, -0.05) is 6.07 Å². The first-order valence-electron chi connectivity index (χ1n) is 6.77. The zero-order chi connectivity index (χ0) is 13.5. The average molecular weight is 282 g/mol. The summed E-state index contributed by atoms with van der Waals surface area (Å²) in [7, 11) is 0. The van der Waals surface area contributed by atoms with Crippen molar-refractivity contribution in [2.45, 2.75) is 25.7 Å². The molecule has 3 heterocycles. The van der Waals surface area contributed by atoms with Crippen molar-refractivity contribution in [3.63, 3.8) is 0 Å². The van der Waals surface area contributed by atoms with Crippen LogP contribution in [0, 0.1) is 0 Å². The topological polar surface area (TPSA) is 64.7 Å². The summed E-state index contributed by atoms with van der Waals surface area (Å²) in [5.74, 6) is 1.41. The Morgan fingerprint density at radius 3 is 3.05 bits per heavy atom. The van der Waals surface area contributed by atoms with Crippen LogP contribution in [0.25, 0.3) is 10.2 Å². The quantitative estimate of drug-likeness (QED) is 0.785. The number of nitrogen functional groups attached to an aromatic ring is 1. The summed E-state index contributed by atoms with van der Waals surface area (Å²) in [5.41, 5.74) is 8.66. The van der Waals surface area contributed by atoms with E-state index in [0.717, 1.165) is 34.4 Å². The SMILES string of the molecule is Nc1nc(Cc2cccnc2)nc2sc3c(c12)CCC3. The van der Waals surface area contributed by atoms with Crippen LogP contribution in [0.2, 0.25) is 0 Å². The Balaban J connectivity index is 1.79. The Hall–Kier alpha value is -2.01. The van der Waals surface area contributed by atoms with E-state index >= 15 is 0 Å². The summed E-state index contributed by atoms with van der Waals surface area (Å²) in [6.07, 6.45) is 7.80. The van der Waals surface area contributed by atoms with Crippen LogP contribution in [0.1, 0.15) is 28.2 Å². The second kappa shape index (κ2) is 4.52. The molecule has 0 atom stereocenters. The van der Waals surface area contributed by atoms with Gasteiger partial charge in [-0.15, -0.1) is 11.3 Å². The molecule has 0 amide bonds. The van der Waals surface area contributed by atoms with Crippen molar-refractivity contribution in [3.05, 3.63) is 46.4 Å². The number of thiophene rings is 1. The highest BCUT2D eigenvalue weighted by Gasteiger charge is 2.21. The van der Waals surface area contributed by atoms with Gasteiger partial charge in [-0.2, -0.15) is 0 Å². The van der Waals surface area contributed by atoms with E-state index in [1.807, 2.05) is 18.3 Å². The van der Waals surface area contributed by atoms with Crippen LogP contribution in [0.3, 0.4) is 0 Å². The fourth-order valence-corrected chi connectivity index (χ4v) is 4.12. The molecule has 4 rings (SSSR count). The van der Waals surface area contributed by atoms with E-state index in [2.05, 4.69) is 9.97 Å². The maximum absolute atomic E-state index is 6.17. The summed E-state index contributed by atoms with van der Waals surface area (Å²) >= 11 is 1.78. The minimum absolute atomic E-state index is 0.633. The Labute approximate surface area is 120 Å². The molecule has 0 spiro atoms. The van der Waals surface area contributed by atoms with Crippen molar-refractivity contribution in [2.24, 2.45) is 0 Å². The third-order valence-electron chi connectivity index (χ3n) is 3.72. The normalized spacial score (nSPS) is 13.8. The maximum atomic E-state index is 6.17. The van der Waals surface area contributed by atoms with Gasteiger partial charge in [-0.25, -0.2) is 9.97 Å². The predicted molar refractivity (Wildman–Crippen MR) is 80.9 cm³/mol. The summed E-state index contributed by atoms with van der Waals surface area (Å²) < 4.78 is 0. The lowest BCUT2D eigenvalue weighted by Gasteiger charge is -2.03. The Morgan fingerprint density at radius 2 is 2.20 bits per heavy atom. The number of nitrogens with two attached hydrogens (primary N) is 1.